The molecule has 4 atom stereocenters. The van der Waals surface area contributed by atoms with E-state index in [-0.39, 0.29) is 13.0 Å². The van der Waals surface area contributed by atoms with Crippen molar-refractivity contribution in [3.63, 3.8) is 0 Å². The molecule has 7 N–H and O–H groups in total. The maximum Gasteiger partial charge on any atom is 0.345 e. The molecule has 1 saturated heterocycles. The first-order chi connectivity index (χ1) is 17.6. The van der Waals surface area contributed by atoms with Gasteiger partial charge >= 0.3 is 6.03 Å². The Bertz CT molecular complexity index is 911. The van der Waals surface area contributed by atoms with Gasteiger partial charge in [-0.15, -0.1) is 0 Å². The zero-order valence-electron chi connectivity index (χ0n) is 23.2. The standard InChI is InChI=1S/C24H43N7O7/c1-14(2)31(23(37)29(6)22(36)24(38,17(5)32)11-7-8-12-25)28-20(34)18-10-9-13-30(18)21(35)16(4)27-19(33)15(3)26/h14-16,18,38H,7-13,25-26H2,1-6H3,(H,27,33)(H,28,34)/t15-,16-,18-,24?/m0/s1. The van der Waals surface area contributed by atoms with E-state index in [1.165, 1.54) is 18.7 Å². The number of hydrogen-bond donors (Lipinski definition) is 5. The Morgan fingerprint density at radius 1 is 1.11 bits per heavy atom. The molecular formula is C24H43N7O7. The van der Waals surface area contributed by atoms with Gasteiger partial charge in [0.05, 0.1) is 6.04 Å². The van der Waals surface area contributed by atoms with E-state index in [0.29, 0.717) is 37.1 Å². The fourth-order valence-corrected chi connectivity index (χ4v) is 4.03. The van der Waals surface area contributed by atoms with Crippen molar-refractivity contribution in [2.24, 2.45) is 11.5 Å². The molecule has 0 saturated carbocycles. The van der Waals surface area contributed by atoms with Crippen LogP contribution in [0.5, 0.6) is 0 Å². The van der Waals surface area contributed by atoms with Gasteiger partial charge in [0.15, 0.2) is 5.78 Å². The topological polar surface area (TPSA) is 208 Å². The monoisotopic (exact) mass is 541 g/mol. The van der Waals surface area contributed by atoms with Crippen LogP contribution in [0.4, 0.5) is 4.79 Å². The Morgan fingerprint density at radius 2 is 1.71 bits per heavy atom. The molecule has 216 valence electrons. The second-order valence-electron chi connectivity index (χ2n) is 9.96. The van der Waals surface area contributed by atoms with Gasteiger partial charge in [0, 0.05) is 19.6 Å². The van der Waals surface area contributed by atoms with E-state index in [1.807, 2.05) is 0 Å². The van der Waals surface area contributed by atoms with Gasteiger partial charge in [-0.3, -0.25) is 34.3 Å². The van der Waals surface area contributed by atoms with Gasteiger partial charge in [0.2, 0.25) is 17.4 Å². The fourth-order valence-electron chi connectivity index (χ4n) is 4.03. The van der Waals surface area contributed by atoms with Gasteiger partial charge in [-0.25, -0.2) is 9.80 Å². The minimum absolute atomic E-state index is 0.208. The summed E-state index contributed by atoms with van der Waals surface area (Å²) in [5.74, 6) is -3.58. The molecule has 0 aromatic rings. The number of carbonyl (C=O) groups excluding carboxylic acids is 6. The normalized spacial score (nSPS) is 18.3. The van der Waals surface area contributed by atoms with Crippen LogP contribution in [-0.2, 0) is 24.0 Å². The summed E-state index contributed by atoms with van der Waals surface area (Å²) >= 11 is 0. The third-order valence-corrected chi connectivity index (χ3v) is 6.45. The summed E-state index contributed by atoms with van der Waals surface area (Å²) in [6.07, 6.45) is 1.41. The predicted octanol–water partition coefficient (Wildman–Crippen LogP) is -1.40. The lowest BCUT2D eigenvalue weighted by molar-refractivity contribution is -0.157. The molecule has 1 fully saturated rings. The number of amides is 6. The van der Waals surface area contributed by atoms with Gasteiger partial charge < -0.3 is 26.8 Å². The van der Waals surface area contributed by atoms with E-state index in [2.05, 4.69) is 10.7 Å². The number of imide groups is 1. The molecule has 0 aromatic carbocycles. The summed E-state index contributed by atoms with van der Waals surface area (Å²) in [5, 5.41) is 14.2. The van der Waals surface area contributed by atoms with Gasteiger partial charge in [0.1, 0.15) is 12.1 Å². The Balaban J connectivity index is 3.03. The van der Waals surface area contributed by atoms with Crippen LogP contribution < -0.4 is 22.2 Å². The number of likely N-dealkylation sites (N-methyl/N-ethyl adjacent to an activating group) is 1. The summed E-state index contributed by atoms with van der Waals surface area (Å²) in [6, 6.07) is -4.24. The number of hydrogen-bond acceptors (Lipinski definition) is 9. The van der Waals surface area contributed by atoms with Crippen LogP contribution in [0.1, 0.15) is 66.7 Å². The molecule has 14 nitrogen and oxygen atoms in total. The molecule has 14 heteroatoms. The van der Waals surface area contributed by atoms with Crippen molar-refractivity contribution in [3.8, 4) is 0 Å². The molecule has 0 spiro atoms. The maximum atomic E-state index is 13.2. The van der Waals surface area contributed by atoms with E-state index < -0.39 is 65.2 Å². The number of carbonyl (C=O) groups is 6. The second kappa shape index (κ2) is 14.2. The number of nitrogens with one attached hydrogen (secondary N) is 2. The average Bonchev–Trinajstić information content (AvgIpc) is 3.34. The van der Waals surface area contributed by atoms with Crippen LogP contribution in [-0.4, -0.2) is 105 Å². The molecule has 0 aromatic heterocycles. The van der Waals surface area contributed by atoms with Crippen LogP contribution >= 0.6 is 0 Å². The number of nitrogens with zero attached hydrogens (tertiary/aromatic N) is 3. The number of likely N-dealkylation sites (tertiary alicyclic amines) is 1. The maximum absolute atomic E-state index is 13.2. The molecular weight excluding hydrogens is 498 g/mol. The highest BCUT2D eigenvalue weighted by Crippen LogP contribution is 2.21. The Morgan fingerprint density at radius 3 is 2.21 bits per heavy atom. The number of Topliss-reactive ketones (excluding diaryl/α,β-unsaturated/α-hetero) is 1. The van der Waals surface area contributed by atoms with E-state index in [0.717, 1.165) is 19.0 Å². The first-order valence-corrected chi connectivity index (χ1v) is 12.8. The molecule has 1 rings (SSSR count). The van der Waals surface area contributed by atoms with Crippen molar-refractivity contribution in [1.29, 1.82) is 0 Å². The zero-order valence-corrected chi connectivity index (χ0v) is 23.2. The van der Waals surface area contributed by atoms with Crippen LogP contribution in [0.3, 0.4) is 0 Å². The highest BCUT2D eigenvalue weighted by Gasteiger charge is 2.45. The molecule has 38 heavy (non-hydrogen) atoms. The second-order valence-corrected chi connectivity index (χ2v) is 9.96. The molecule has 1 unspecified atom stereocenters. The van der Waals surface area contributed by atoms with Gasteiger partial charge in [-0.1, -0.05) is 0 Å². The minimum Gasteiger partial charge on any atom is -0.373 e. The van der Waals surface area contributed by atoms with E-state index in [9.17, 15) is 33.9 Å². The lowest BCUT2D eigenvalue weighted by Gasteiger charge is -2.35. The third-order valence-electron chi connectivity index (χ3n) is 6.45. The van der Waals surface area contributed by atoms with Crippen LogP contribution in [0.2, 0.25) is 0 Å². The van der Waals surface area contributed by atoms with Crippen molar-refractivity contribution in [2.75, 3.05) is 20.1 Å². The number of aliphatic hydroxyl groups is 1. The highest BCUT2D eigenvalue weighted by atomic mass is 16.3. The smallest absolute Gasteiger partial charge is 0.345 e. The minimum atomic E-state index is -2.41. The molecule has 1 aliphatic heterocycles. The number of nitrogens with two attached hydrogens (primary N) is 2. The molecule has 6 amide bonds. The van der Waals surface area contributed by atoms with Crippen LogP contribution in [0.15, 0.2) is 0 Å². The SMILES string of the molecule is CC(=O)C(O)(CCCCN)C(=O)N(C)C(=O)N(NC(=O)[C@@H]1CCCN1C(=O)[C@H](C)NC(=O)[C@H](C)N)C(C)C. The van der Waals surface area contributed by atoms with Gasteiger partial charge in [-0.2, -0.15) is 0 Å². The molecule has 1 heterocycles. The Hall–Kier alpha value is -3.10. The third kappa shape index (κ3) is 7.95. The average molecular weight is 542 g/mol. The number of unbranched alkanes of at least 4 members (excludes halogenated alkanes) is 1. The summed E-state index contributed by atoms with van der Waals surface area (Å²) in [5.41, 5.74) is 11.1. The Labute approximate surface area is 223 Å². The largest absolute Gasteiger partial charge is 0.373 e. The van der Waals surface area contributed by atoms with Crippen molar-refractivity contribution in [3.05, 3.63) is 0 Å². The fraction of sp³-hybridized carbons (Fsp3) is 0.750. The first kappa shape index (κ1) is 32.9. The summed E-state index contributed by atoms with van der Waals surface area (Å²) in [7, 11) is 1.11. The van der Waals surface area contributed by atoms with E-state index >= 15 is 0 Å². The predicted molar refractivity (Wildman–Crippen MR) is 138 cm³/mol. The van der Waals surface area contributed by atoms with E-state index in [1.54, 1.807) is 13.8 Å². The Kier molecular flexibility index (Phi) is 12.3. The van der Waals surface area contributed by atoms with Gasteiger partial charge in [0.25, 0.3) is 11.8 Å². The van der Waals surface area contributed by atoms with E-state index in [4.69, 9.17) is 11.5 Å². The van der Waals surface area contributed by atoms with Crippen molar-refractivity contribution < 1.29 is 33.9 Å². The number of rotatable bonds is 11. The summed E-state index contributed by atoms with van der Waals surface area (Å²) in [4.78, 5) is 78.3. The van der Waals surface area contributed by atoms with Crippen molar-refractivity contribution in [2.45, 2.75) is 96.5 Å². The zero-order chi connectivity index (χ0) is 29.4. The molecule has 0 bridgehead atoms. The lowest BCUT2D eigenvalue weighted by atomic mass is 9.91. The molecule has 0 radical (unpaired) electrons. The highest BCUT2D eigenvalue weighted by molar-refractivity contribution is 6.12. The van der Waals surface area contributed by atoms with Crippen LogP contribution in [0.25, 0.3) is 0 Å². The van der Waals surface area contributed by atoms with Crippen molar-refractivity contribution >= 4 is 35.4 Å². The van der Waals surface area contributed by atoms with Crippen molar-refractivity contribution in [1.82, 2.24) is 25.6 Å². The van der Waals surface area contributed by atoms with Gasteiger partial charge in [-0.05, 0) is 73.3 Å². The molecule has 1 aliphatic rings. The summed E-state index contributed by atoms with van der Waals surface area (Å²) in [6.45, 7) is 7.80. The number of urea groups is 1. The lowest BCUT2D eigenvalue weighted by Crippen LogP contribution is -2.62. The quantitative estimate of drug-likeness (QED) is 0.118. The summed E-state index contributed by atoms with van der Waals surface area (Å²) < 4.78 is 0. The van der Waals surface area contributed by atoms with Crippen LogP contribution in [0, 0.1) is 0 Å². The number of hydrazine groups is 1. The first-order valence-electron chi connectivity index (χ1n) is 12.8. The number of ketones is 1. The molecule has 0 aliphatic carbocycles.